The summed E-state index contributed by atoms with van der Waals surface area (Å²) in [6, 6.07) is 16.8. The lowest BCUT2D eigenvalue weighted by Gasteiger charge is -2.52. The van der Waals surface area contributed by atoms with Crippen LogP contribution >= 0.6 is 0 Å². The predicted octanol–water partition coefficient (Wildman–Crippen LogP) is 4.75. The van der Waals surface area contributed by atoms with Crippen molar-refractivity contribution in [1.29, 1.82) is 0 Å². The summed E-state index contributed by atoms with van der Waals surface area (Å²) in [5.41, 5.74) is 3.13. The number of rotatable bonds is 4. The van der Waals surface area contributed by atoms with Gasteiger partial charge < -0.3 is 5.11 Å². The van der Waals surface area contributed by atoms with Crippen LogP contribution in [0.3, 0.4) is 0 Å². The van der Waals surface area contributed by atoms with Crippen LogP contribution in [0.2, 0.25) is 0 Å². The van der Waals surface area contributed by atoms with Crippen molar-refractivity contribution in [3.63, 3.8) is 0 Å². The van der Waals surface area contributed by atoms with Crippen molar-refractivity contribution in [3.8, 4) is 0 Å². The van der Waals surface area contributed by atoms with Crippen LogP contribution in [0.25, 0.3) is 10.8 Å². The molecule has 1 aromatic heterocycles. The number of aromatic nitrogens is 1. The van der Waals surface area contributed by atoms with Crippen LogP contribution in [0.4, 0.5) is 10.5 Å². The Morgan fingerprint density at radius 2 is 1.93 bits per heavy atom. The van der Waals surface area contributed by atoms with Gasteiger partial charge >= 0.3 is 6.09 Å². The summed E-state index contributed by atoms with van der Waals surface area (Å²) in [5, 5.41) is 14.5. The van der Waals surface area contributed by atoms with E-state index in [2.05, 4.69) is 33.4 Å². The van der Waals surface area contributed by atoms with Gasteiger partial charge in [-0.1, -0.05) is 36.4 Å². The van der Waals surface area contributed by atoms with Gasteiger partial charge in [0, 0.05) is 30.0 Å². The number of hydrogen-bond acceptors (Lipinski definition) is 3. The van der Waals surface area contributed by atoms with Crippen LogP contribution in [0, 0.1) is 5.92 Å². The van der Waals surface area contributed by atoms with E-state index in [1.54, 1.807) is 0 Å². The van der Waals surface area contributed by atoms with Gasteiger partial charge in [0.15, 0.2) is 0 Å². The molecule has 148 valence electrons. The zero-order chi connectivity index (χ0) is 19.8. The molecule has 29 heavy (non-hydrogen) atoms. The van der Waals surface area contributed by atoms with Gasteiger partial charge in [0.05, 0.1) is 0 Å². The number of fused-ring (bicyclic) bond motifs is 4. The highest BCUT2D eigenvalue weighted by Gasteiger charge is 2.44. The smallest absolute Gasteiger partial charge is 0.409 e. The highest BCUT2D eigenvalue weighted by molar-refractivity contribution is 5.95. The summed E-state index contributed by atoms with van der Waals surface area (Å²) < 4.78 is 0. The van der Waals surface area contributed by atoms with Crippen molar-refractivity contribution in [1.82, 2.24) is 9.88 Å². The average molecular weight is 387 g/mol. The molecule has 5 heteroatoms. The summed E-state index contributed by atoms with van der Waals surface area (Å²) in [4.78, 5) is 18.5. The maximum atomic E-state index is 11.5. The molecule has 3 aliphatic heterocycles. The van der Waals surface area contributed by atoms with Crippen LogP contribution in [0.1, 0.15) is 29.9 Å². The van der Waals surface area contributed by atoms with Gasteiger partial charge in [0.1, 0.15) is 0 Å². The zero-order valence-electron chi connectivity index (χ0n) is 16.3. The number of amides is 1. The molecular weight excluding hydrogens is 362 g/mol. The van der Waals surface area contributed by atoms with E-state index < -0.39 is 6.09 Å². The molecule has 5 nitrogen and oxygen atoms in total. The first-order valence-corrected chi connectivity index (χ1v) is 10.4. The van der Waals surface area contributed by atoms with E-state index in [-0.39, 0.29) is 0 Å². The van der Waals surface area contributed by atoms with E-state index in [1.807, 2.05) is 42.7 Å². The molecule has 2 N–H and O–H groups in total. The predicted molar refractivity (Wildman–Crippen MR) is 114 cm³/mol. The van der Waals surface area contributed by atoms with Crippen molar-refractivity contribution >= 4 is 22.6 Å². The van der Waals surface area contributed by atoms with Crippen LogP contribution < -0.4 is 5.32 Å². The van der Waals surface area contributed by atoms with E-state index >= 15 is 0 Å². The van der Waals surface area contributed by atoms with Gasteiger partial charge in [0.25, 0.3) is 0 Å². The molecule has 3 saturated heterocycles. The Balaban J connectivity index is 1.65. The van der Waals surface area contributed by atoms with Crippen molar-refractivity contribution in [2.75, 3.05) is 18.4 Å². The first kappa shape index (κ1) is 18.1. The van der Waals surface area contributed by atoms with Crippen LogP contribution in [-0.4, -0.2) is 40.2 Å². The molecule has 3 aromatic rings. The van der Waals surface area contributed by atoms with Gasteiger partial charge in [-0.25, -0.2) is 4.79 Å². The minimum Gasteiger partial charge on any atom is -0.465 e. The third kappa shape index (κ3) is 3.36. The van der Waals surface area contributed by atoms with E-state index in [9.17, 15) is 9.90 Å². The topological polar surface area (TPSA) is 65.5 Å². The summed E-state index contributed by atoms with van der Waals surface area (Å²) in [6.07, 6.45) is 6.04. The Kier molecular flexibility index (Phi) is 4.68. The lowest BCUT2D eigenvalue weighted by atomic mass is 9.68. The molecule has 3 fully saturated rings. The highest BCUT2D eigenvalue weighted by atomic mass is 16.4. The number of nitrogens with zero attached hydrogens (tertiary/aromatic N) is 2. The maximum Gasteiger partial charge on any atom is 0.409 e. The van der Waals surface area contributed by atoms with Crippen molar-refractivity contribution in [2.24, 2.45) is 5.92 Å². The summed E-state index contributed by atoms with van der Waals surface area (Å²) in [7, 11) is 0. The Morgan fingerprint density at radius 1 is 1.10 bits per heavy atom. The lowest BCUT2D eigenvalue weighted by Crippen LogP contribution is -2.54. The van der Waals surface area contributed by atoms with E-state index in [4.69, 9.17) is 0 Å². The number of carboxylic acid groups (broad SMARTS) is 1. The van der Waals surface area contributed by atoms with E-state index in [0.717, 1.165) is 41.5 Å². The molecule has 2 unspecified atom stereocenters. The molecule has 0 saturated carbocycles. The zero-order valence-corrected chi connectivity index (χ0v) is 16.3. The first-order chi connectivity index (χ1) is 14.2. The molecule has 6 rings (SSSR count). The third-order valence-corrected chi connectivity index (χ3v) is 6.68. The van der Waals surface area contributed by atoms with Crippen LogP contribution in [0.5, 0.6) is 0 Å². The average Bonchev–Trinajstić information content (AvgIpc) is 2.75. The molecule has 2 bridgehead atoms. The second-order valence-corrected chi connectivity index (χ2v) is 8.21. The standard InChI is InChI=1S/C24H25N3O2/c28-24(29)26-20-8-7-17-5-1-2-6-19(17)23(20)22-18-9-12-27(13-10-18)21(22)14-16-4-3-11-25-15-16/h1-8,11,15,18,21-22,26H,9-10,12-14H2,(H,28,29). The van der Waals surface area contributed by atoms with E-state index in [1.165, 1.54) is 18.4 Å². The number of piperidine rings is 3. The first-order valence-electron chi connectivity index (χ1n) is 10.4. The van der Waals surface area contributed by atoms with Gasteiger partial charge in [-0.15, -0.1) is 0 Å². The molecular formula is C24H25N3O2. The van der Waals surface area contributed by atoms with Gasteiger partial charge in [-0.05, 0) is 72.3 Å². The van der Waals surface area contributed by atoms with Gasteiger partial charge in [0.2, 0.25) is 0 Å². The molecule has 3 aliphatic rings. The second-order valence-electron chi connectivity index (χ2n) is 8.21. The molecule has 1 amide bonds. The lowest BCUT2D eigenvalue weighted by molar-refractivity contribution is 0.0264. The van der Waals surface area contributed by atoms with Crippen LogP contribution in [0.15, 0.2) is 60.9 Å². The third-order valence-electron chi connectivity index (χ3n) is 6.68. The Morgan fingerprint density at radius 3 is 2.69 bits per heavy atom. The van der Waals surface area contributed by atoms with Crippen LogP contribution in [-0.2, 0) is 6.42 Å². The fourth-order valence-electron chi connectivity index (χ4n) is 5.47. The summed E-state index contributed by atoms with van der Waals surface area (Å²) in [6.45, 7) is 2.25. The van der Waals surface area contributed by atoms with Gasteiger partial charge in [-0.2, -0.15) is 0 Å². The largest absolute Gasteiger partial charge is 0.465 e. The number of carbonyl (C=O) groups is 1. The Bertz CT molecular complexity index is 1030. The summed E-state index contributed by atoms with van der Waals surface area (Å²) in [5.74, 6) is 0.868. The molecule has 0 aliphatic carbocycles. The molecule has 0 spiro atoms. The van der Waals surface area contributed by atoms with Gasteiger partial charge in [-0.3, -0.25) is 15.2 Å². The molecule has 4 heterocycles. The molecule has 2 aromatic carbocycles. The number of pyridine rings is 1. The SMILES string of the molecule is O=C(O)Nc1ccc2ccccc2c1C1C2CCN(CC2)C1Cc1cccnc1. The fourth-order valence-corrected chi connectivity index (χ4v) is 5.47. The molecule has 0 radical (unpaired) electrons. The monoisotopic (exact) mass is 387 g/mol. The number of hydrogen-bond donors (Lipinski definition) is 2. The highest BCUT2D eigenvalue weighted by Crippen LogP contribution is 2.48. The Labute approximate surface area is 170 Å². The Hall–Kier alpha value is -2.92. The normalized spacial score (nSPS) is 25.8. The second kappa shape index (κ2) is 7.48. The number of nitrogens with one attached hydrogen (secondary N) is 1. The number of anilines is 1. The summed E-state index contributed by atoms with van der Waals surface area (Å²) >= 11 is 0. The minimum absolute atomic E-state index is 0.297. The van der Waals surface area contributed by atoms with Crippen molar-refractivity contribution < 1.29 is 9.90 Å². The van der Waals surface area contributed by atoms with E-state index in [0.29, 0.717) is 17.9 Å². The number of benzene rings is 2. The maximum absolute atomic E-state index is 11.5. The fraction of sp³-hybridized carbons (Fsp3) is 0.333. The molecule has 2 atom stereocenters. The minimum atomic E-state index is -1.01. The quantitative estimate of drug-likeness (QED) is 0.678. The van der Waals surface area contributed by atoms with Crippen molar-refractivity contribution in [3.05, 3.63) is 72.1 Å². The van der Waals surface area contributed by atoms with Crippen molar-refractivity contribution in [2.45, 2.75) is 31.2 Å².